The largest absolute Gasteiger partial charge is 0.352 e. The Morgan fingerprint density at radius 1 is 1.36 bits per heavy atom. The molecule has 1 aliphatic heterocycles. The molecule has 1 unspecified atom stereocenters. The van der Waals surface area contributed by atoms with Crippen molar-refractivity contribution in [1.82, 2.24) is 20.4 Å². The maximum Gasteiger partial charge on any atom is 0.220 e. The lowest BCUT2D eigenvalue weighted by atomic mass is 10.0. The molecule has 2 N–H and O–H groups in total. The number of halogens is 1. The first-order valence-electron chi connectivity index (χ1n) is 7.37. The summed E-state index contributed by atoms with van der Waals surface area (Å²) in [6, 6.07) is 9.94. The van der Waals surface area contributed by atoms with Crippen molar-refractivity contribution in [2.24, 2.45) is 5.92 Å². The van der Waals surface area contributed by atoms with E-state index in [2.05, 4.69) is 15.7 Å². The molecule has 118 valence electrons. The van der Waals surface area contributed by atoms with Gasteiger partial charge in [-0.1, -0.05) is 18.2 Å². The number of rotatable bonds is 5. The van der Waals surface area contributed by atoms with Crippen LogP contribution in [0.25, 0.3) is 5.69 Å². The summed E-state index contributed by atoms with van der Waals surface area (Å²) in [5, 5.41) is 10.6. The van der Waals surface area contributed by atoms with Crippen LogP contribution in [-0.4, -0.2) is 28.8 Å². The highest BCUT2D eigenvalue weighted by Crippen LogP contribution is 2.12. The number of nitrogens with zero attached hydrogens (tertiary/aromatic N) is 2. The van der Waals surface area contributed by atoms with Crippen molar-refractivity contribution in [1.29, 1.82) is 0 Å². The summed E-state index contributed by atoms with van der Waals surface area (Å²) in [5.74, 6) is 0.605. The minimum absolute atomic E-state index is 0. The molecule has 0 spiro atoms. The Bertz CT molecular complexity index is 593. The molecule has 2 aromatic rings. The number of carbonyl (C=O) groups is 1. The molecule has 0 bridgehead atoms. The molecule has 1 aromatic heterocycles. The molecule has 3 rings (SSSR count). The van der Waals surface area contributed by atoms with Crippen LogP contribution < -0.4 is 10.6 Å². The van der Waals surface area contributed by atoms with Crippen molar-refractivity contribution < 1.29 is 4.79 Å². The number of hydrogen-bond donors (Lipinski definition) is 2. The highest BCUT2D eigenvalue weighted by atomic mass is 35.5. The number of nitrogens with one attached hydrogen (secondary N) is 2. The van der Waals surface area contributed by atoms with E-state index in [0.717, 1.165) is 30.8 Å². The molecule has 0 radical (unpaired) electrons. The predicted molar refractivity (Wildman–Crippen MR) is 88.3 cm³/mol. The normalized spacial score (nSPS) is 17.0. The summed E-state index contributed by atoms with van der Waals surface area (Å²) in [5.41, 5.74) is 2.03. The van der Waals surface area contributed by atoms with Gasteiger partial charge in [0.15, 0.2) is 0 Å². The minimum atomic E-state index is 0. The third-order valence-corrected chi connectivity index (χ3v) is 3.78. The fraction of sp³-hybridized carbons (Fsp3) is 0.375. The molecule has 1 amide bonds. The predicted octanol–water partition coefficient (Wildman–Crippen LogP) is 1.91. The number of aromatic nitrogens is 2. The second-order valence-corrected chi connectivity index (χ2v) is 5.47. The van der Waals surface area contributed by atoms with Crippen LogP contribution in [0, 0.1) is 5.92 Å². The molecule has 5 nitrogen and oxygen atoms in total. The Labute approximate surface area is 136 Å². The third kappa shape index (κ3) is 4.32. The molecule has 1 saturated heterocycles. The highest BCUT2D eigenvalue weighted by Gasteiger charge is 2.17. The van der Waals surface area contributed by atoms with Crippen molar-refractivity contribution in [2.45, 2.75) is 19.4 Å². The summed E-state index contributed by atoms with van der Waals surface area (Å²) in [7, 11) is 0. The molecule has 1 aliphatic rings. The van der Waals surface area contributed by atoms with Gasteiger partial charge in [-0.25, -0.2) is 4.68 Å². The van der Waals surface area contributed by atoms with Crippen molar-refractivity contribution >= 4 is 18.3 Å². The smallest absolute Gasteiger partial charge is 0.220 e. The summed E-state index contributed by atoms with van der Waals surface area (Å²) >= 11 is 0. The highest BCUT2D eigenvalue weighted by molar-refractivity contribution is 5.85. The third-order valence-electron chi connectivity index (χ3n) is 3.78. The van der Waals surface area contributed by atoms with Crippen LogP contribution in [0.4, 0.5) is 0 Å². The van der Waals surface area contributed by atoms with E-state index in [4.69, 9.17) is 0 Å². The van der Waals surface area contributed by atoms with E-state index in [1.807, 2.05) is 41.2 Å². The summed E-state index contributed by atoms with van der Waals surface area (Å²) in [6.07, 6.45) is 5.45. The zero-order valence-electron chi connectivity index (χ0n) is 12.4. The van der Waals surface area contributed by atoms with Crippen molar-refractivity contribution in [3.63, 3.8) is 0 Å². The maximum atomic E-state index is 11.9. The van der Waals surface area contributed by atoms with E-state index in [-0.39, 0.29) is 18.3 Å². The first-order chi connectivity index (χ1) is 10.3. The number of amides is 1. The van der Waals surface area contributed by atoms with Crippen LogP contribution in [0.1, 0.15) is 18.4 Å². The number of carbonyl (C=O) groups excluding carboxylic acids is 1. The van der Waals surface area contributed by atoms with Crippen LogP contribution >= 0.6 is 12.4 Å². The summed E-state index contributed by atoms with van der Waals surface area (Å²) in [6.45, 7) is 2.52. The Balaban J connectivity index is 0.00000176. The molecule has 2 heterocycles. The molecule has 22 heavy (non-hydrogen) atoms. The van der Waals surface area contributed by atoms with E-state index in [9.17, 15) is 4.79 Å². The molecule has 1 fully saturated rings. The fourth-order valence-electron chi connectivity index (χ4n) is 2.60. The second-order valence-electron chi connectivity index (χ2n) is 5.47. The van der Waals surface area contributed by atoms with Gasteiger partial charge >= 0.3 is 0 Å². The Morgan fingerprint density at radius 2 is 2.18 bits per heavy atom. The van der Waals surface area contributed by atoms with Crippen LogP contribution in [0.2, 0.25) is 0 Å². The molecule has 0 aliphatic carbocycles. The van der Waals surface area contributed by atoms with Gasteiger partial charge in [0, 0.05) is 24.7 Å². The zero-order valence-corrected chi connectivity index (χ0v) is 13.2. The Kier molecular flexibility index (Phi) is 5.98. The first-order valence-corrected chi connectivity index (χ1v) is 7.37. The van der Waals surface area contributed by atoms with Gasteiger partial charge in [-0.3, -0.25) is 4.79 Å². The zero-order chi connectivity index (χ0) is 14.5. The van der Waals surface area contributed by atoms with Gasteiger partial charge in [0.2, 0.25) is 5.91 Å². The maximum absolute atomic E-state index is 11.9. The quantitative estimate of drug-likeness (QED) is 0.884. The monoisotopic (exact) mass is 320 g/mol. The summed E-state index contributed by atoms with van der Waals surface area (Å²) in [4.78, 5) is 11.9. The standard InChI is InChI=1S/C16H20N4O.ClH/c21-16(8-13-6-7-17-9-13)18-10-14-11-19-20(12-14)15-4-2-1-3-5-15;/h1-5,11-13,17H,6-10H2,(H,18,21);1H. The van der Waals surface area contributed by atoms with E-state index in [1.54, 1.807) is 6.20 Å². The molecular formula is C16H21ClN4O. The van der Waals surface area contributed by atoms with Crippen LogP contribution in [0.5, 0.6) is 0 Å². The number of benzene rings is 1. The molecule has 0 saturated carbocycles. The van der Waals surface area contributed by atoms with Crippen LogP contribution in [0.15, 0.2) is 42.7 Å². The van der Waals surface area contributed by atoms with Gasteiger partial charge in [-0.2, -0.15) is 5.10 Å². The first kappa shape index (κ1) is 16.5. The van der Waals surface area contributed by atoms with E-state index >= 15 is 0 Å². The lowest BCUT2D eigenvalue weighted by Crippen LogP contribution is -2.25. The Hall–Kier alpha value is -1.85. The van der Waals surface area contributed by atoms with Gasteiger partial charge in [0.1, 0.15) is 0 Å². The van der Waals surface area contributed by atoms with Crippen molar-refractivity contribution in [3.05, 3.63) is 48.3 Å². The molecule has 6 heteroatoms. The van der Waals surface area contributed by atoms with Gasteiger partial charge < -0.3 is 10.6 Å². The van der Waals surface area contributed by atoms with E-state index in [0.29, 0.717) is 18.9 Å². The number of hydrogen-bond acceptors (Lipinski definition) is 3. The Morgan fingerprint density at radius 3 is 2.91 bits per heavy atom. The van der Waals surface area contributed by atoms with Crippen LogP contribution in [-0.2, 0) is 11.3 Å². The van der Waals surface area contributed by atoms with Crippen molar-refractivity contribution in [3.8, 4) is 5.69 Å². The van der Waals surface area contributed by atoms with Gasteiger partial charge in [-0.15, -0.1) is 12.4 Å². The lowest BCUT2D eigenvalue weighted by molar-refractivity contribution is -0.122. The van der Waals surface area contributed by atoms with Crippen LogP contribution in [0.3, 0.4) is 0 Å². The SMILES string of the molecule is Cl.O=C(CC1CCNC1)NCc1cnn(-c2ccccc2)c1. The average Bonchev–Trinajstić information content (AvgIpc) is 3.17. The van der Waals surface area contributed by atoms with E-state index in [1.165, 1.54) is 0 Å². The van der Waals surface area contributed by atoms with Gasteiger partial charge in [0.25, 0.3) is 0 Å². The fourth-order valence-corrected chi connectivity index (χ4v) is 2.60. The van der Waals surface area contributed by atoms with Gasteiger partial charge in [0.05, 0.1) is 11.9 Å². The van der Waals surface area contributed by atoms with E-state index < -0.39 is 0 Å². The summed E-state index contributed by atoms with van der Waals surface area (Å²) < 4.78 is 1.82. The second kappa shape index (κ2) is 7.96. The lowest BCUT2D eigenvalue weighted by Gasteiger charge is -2.08. The number of para-hydroxylation sites is 1. The van der Waals surface area contributed by atoms with Gasteiger partial charge in [-0.05, 0) is 37.6 Å². The topological polar surface area (TPSA) is 59.0 Å². The molecular weight excluding hydrogens is 300 g/mol. The van der Waals surface area contributed by atoms with Crippen molar-refractivity contribution in [2.75, 3.05) is 13.1 Å². The molecule has 1 aromatic carbocycles. The molecule has 1 atom stereocenters. The minimum Gasteiger partial charge on any atom is -0.352 e. The average molecular weight is 321 g/mol.